The Morgan fingerprint density at radius 2 is 2.05 bits per heavy atom. The molecule has 0 spiro atoms. The number of aromatic nitrogens is 1. The molecule has 0 unspecified atom stereocenters. The Kier molecular flexibility index (Phi) is 4.46. The van der Waals surface area contributed by atoms with Crippen LogP contribution in [0.15, 0.2) is 24.3 Å². The number of sulfonamides is 1. The van der Waals surface area contributed by atoms with Gasteiger partial charge >= 0.3 is 0 Å². The third-order valence-corrected chi connectivity index (χ3v) is 4.67. The number of benzene rings is 1. The molecule has 0 amide bonds. The molecule has 0 saturated heterocycles. The van der Waals surface area contributed by atoms with Crippen LogP contribution in [-0.2, 0) is 16.6 Å². The summed E-state index contributed by atoms with van der Waals surface area (Å²) in [5.41, 5.74) is 1.84. The van der Waals surface area contributed by atoms with Gasteiger partial charge in [0, 0.05) is 29.7 Å². The maximum Gasteiger partial charge on any atom is 0.212 e. The van der Waals surface area contributed by atoms with Crippen molar-refractivity contribution in [3.05, 3.63) is 35.0 Å². The second kappa shape index (κ2) is 5.92. The summed E-state index contributed by atoms with van der Waals surface area (Å²) >= 11 is 6.25. The van der Waals surface area contributed by atoms with Gasteiger partial charge in [-0.1, -0.05) is 29.8 Å². The Hall–Kier alpha value is -1.08. The highest BCUT2D eigenvalue weighted by Crippen LogP contribution is 2.26. The van der Waals surface area contributed by atoms with E-state index < -0.39 is 10.0 Å². The fourth-order valence-corrected chi connectivity index (χ4v) is 2.70. The van der Waals surface area contributed by atoms with Crippen LogP contribution in [0.1, 0.15) is 5.69 Å². The van der Waals surface area contributed by atoms with E-state index in [1.54, 1.807) is 0 Å². The summed E-state index contributed by atoms with van der Waals surface area (Å²) in [5.74, 6) is 0.0430. The van der Waals surface area contributed by atoms with E-state index in [-0.39, 0.29) is 5.75 Å². The number of hydrogen-bond donors (Lipinski definition) is 3. The first-order chi connectivity index (χ1) is 9.03. The summed E-state index contributed by atoms with van der Waals surface area (Å²) in [7, 11) is -1.76. The smallest absolute Gasteiger partial charge is 0.212 e. The molecule has 0 aliphatic rings. The van der Waals surface area contributed by atoms with Gasteiger partial charge in [-0.2, -0.15) is 0 Å². The zero-order chi connectivity index (χ0) is 13.9. The predicted molar refractivity (Wildman–Crippen MR) is 77.9 cm³/mol. The fraction of sp³-hybridized carbons (Fsp3) is 0.333. The molecule has 0 aliphatic carbocycles. The van der Waals surface area contributed by atoms with Gasteiger partial charge in [0.15, 0.2) is 0 Å². The largest absolute Gasteiger partial charge is 0.356 e. The van der Waals surface area contributed by atoms with E-state index in [0.29, 0.717) is 18.1 Å². The highest BCUT2D eigenvalue weighted by atomic mass is 35.5. The molecule has 0 atom stereocenters. The Bertz CT molecular complexity index is 667. The van der Waals surface area contributed by atoms with Gasteiger partial charge in [-0.05, 0) is 13.1 Å². The van der Waals surface area contributed by atoms with Crippen molar-refractivity contribution in [2.24, 2.45) is 0 Å². The van der Waals surface area contributed by atoms with Gasteiger partial charge < -0.3 is 10.3 Å². The minimum absolute atomic E-state index is 0.0430. The van der Waals surface area contributed by atoms with Crippen LogP contribution in [0.25, 0.3) is 10.9 Å². The molecule has 0 fully saturated rings. The minimum atomic E-state index is -3.16. The normalized spacial score (nSPS) is 12.1. The van der Waals surface area contributed by atoms with E-state index in [1.807, 2.05) is 24.3 Å². The van der Waals surface area contributed by atoms with Gasteiger partial charge in [-0.25, -0.2) is 13.1 Å². The van der Waals surface area contributed by atoms with Crippen molar-refractivity contribution >= 4 is 32.5 Å². The maximum atomic E-state index is 11.2. The van der Waals surface area contributed by atoms with E-state index in [2.05, 4.69) is 15.0 Å². The molecule has 0 bridgehead atoms. The van der Waals surface area contributed by atoms with Crippen molar-refractivity contribution in [2.75, 3.05) is 19.3 Å². The molecule has 19 heavy (non-hydrogen) atoms. The van der Waals surface area contributed by atoms with Crippen molar-refractivity contribution in [3.63, 3.8) is 0 Å². The molecule has 1 aromatic carbocycles. The summed E-state index contributed by atoms with van der Waals surface area (Å²) in [6, 6.07) is 7.77. The van der Waals surface area contributed by atoms with Crippen LogP contribution in [0.2, 0.25) is 5.02 Å². The van der Waals surface area contributed by atoms with E-state index in [0.717, 1.165) is 16.6 Å². The van der Waals surface area contributed by atoms with Crippen molar-refractivity contribution in [2.45, 2.75) is 6.54 Å². The summed E-state index contributed by atoms with van der Waals surface area (Å²) < 4.78 is 24.7. The summed E-state index contributed by atoms with van der Waals surface area (Å²) in [5, 5.41) is 4.71. The first-order valence-corrected chi connectivity index (χ1v) is 7.93. The first-order valence-electron chi connectivity index (χ1n) is 5.90. The van der Waals surface area contributed by atoms with Crippen molar-refractivity contribution in [1.82, 2.24) is 15.0 Å². The molecule has 104 valence electrons. The molecular weight excluding hydrogens is 286 g/mol. The Morgan fingerprint density at radius 1 is 1.32 bits per heavy atom. The van der Waals surface area contributed by atoms with Crippen LogP contribution in [0, 0.1) is 0 Å². The highest BCUT2D eigenvalue weighted by Gasteiger charge is 2.09. The molecule has 1 aromatic heterocycles. The lowest BCUT2D eigenvalue weighted by atomic mass is 10.2. The predicted octanol–water partition coefficient (Wildman–Crippen LogP) is 1.46. The average Bonchev–Trinajstić information content (AvgIpc) is 2.72. The number of fused-ring (bicyclic) bond motifs is 1. The summed E-state index contributed by atoms with van der Waals surface area (Å²) in [6.07, 6.45) is 0. The van der Waals surface area contributed by atoms with E-state index in [9.17, 15) is 8.42 Å². The number of rotatable bonds is 6. The molecule has 1 heterocycles. The standard InChI is InChI=1S/C12H16ClN3O2S/c1-14-19(17,18)7-6-15-8-11-12(13)9-4-2-3-5-10(9)16-11/h2-5,14-16H,6-8H2,1H3. The van der Waals surface area contributed by atoms with Crippen LogP contribution < -0.4 is 10.0 Å². The first kappa shape index (κ1) is 14.3. The Labute approximate surface area is 117 Å². The number of para-hydroxylation sites is 1. The third-order valence-electron chi connectivity index (χ3n) is 2.87. The molecule has 7 heteroatoms. The molecule has 5 nitrogen and oxygen atoms in total. The lowest BCUT2D eigenvalue weighted by Crippen LogP contribution is -2.29. The monoisotopic (exact) mass is 301 g/mol. The minimum Gasteiger partial charge on any atom is -0.356 e. The molecule has 0 aliphatic heterocycles. The zero-order valence-electron chi connectivity index (χ0n) is 10.5. The quantitative estimate of drug-likeness (QED) is 0.707. The molecule has 3 N–H and O–H groups in total. The van der Waals surface area contributed by atoms with E-state index >= 15 is 0 Å². The Balaban J connectivity index is 1.97. The molecular formula is C12H16ClN3O2S. The molecule has 0 saturated carbocycles. The maximum absolute atomic E-state index is 11.2. The number of aromatic amines is 1. The average molecular weight is 302 g/mol. The van der Waals surface area contributed by atoms with Gasteiger partial charge in [-0.3, -0.25) is 0 Å². The zero-order valence-corrected chi connectivity index (χ0v) is 12.1. The van der Waals surface area contributed by atoms with E-state index in [4.69, 9.17) is 11.6 Å². The summed E-state index contributed by atoms with van der Waals surface area (Å²) in [4.78, 5) is 3.22. The van der Waals surface area contributed by atoms with Gasteiger partial charge in [0.1, 0.15) is 0 Å². The highest BCUT2D eigenvalue weighted by molar-refractivity contribution is 7.89. The third kappa shape index (κ3) is 3.48. The SMILES string of the molecule is CNS(=O)(=O)CCNCc1[nH]c2ccccc2c1Cl. The lowest BCUT2D eigenvalue weighted by Gasteiger charge is -2.04. The second-order valence-electron chi connectivity index (χ2n) is 4.16. The van der Waals surface area contributed by atoms with E-state index in [1.165, 1.54) is 7.05 Å². The number of nitrogens with one attached hydrogen (secondary N) is 3. The van der Waals surface area contributed by atoms with Crippen LogP contribution in [0.5, 0.6) is 0 Å². The molecule has 2 aromatic rings. The van der Waals surface area contributed by atoms with Crippen LogP contribution in [-0.4, -0.2) is 32.7 Å². The lowest BCUT2D eigenvalue weighted by molar-refractivity contribution is 0.582. The second-order valence-corrected chi connectivity index (χ2v) is 6.59. The fourth-order valence-electron chi connectivity index (χ4n) is 1.81. The van der Waals surface area contributed by atoms with Gasteiger partial charge in [-0.15, -0.1) is 0 Å². The van der Waals surface area contributed by atoms with Crippen LogP contribution in [0.4, 0.5) is 0 Å². The number of H-pyrrole nitrogens is 1. The summed E-state index contributed by atoms with van der Waals surface area (Å²) in [6.45, 7) is 0.877. The molecule has 0 radical (unpaired) electrons. The number of halogens is 1. The van der Waals surface area contributed by atoms with Gasteiger partial charge in [0.2, 0.25) is 10.0 Å². The van der Waals surface area contributed by atoms with Crippen LogP contribution >= 0.6 is 11.6 Å². The van der Waals surface area contributed by atoms with Gasteiger partial charge in [0.25, 0.3) is 0 Å². The van der Waals surface area contributed by atoms with Crippen LogP contribution in [0.3, 0.4) is 0 Å². The number of hydrogen-bond acceptors (Lipinski definition) is 3. The van der Waals surface area contributed by atoms with Gasteiger partial charge in [0.05, 0.1) is 10.8 Å². The Morgan fingerprint density at radius 3 is 2.74 bits per heavy atom. The topological polar surface area (TPSA) is 74.0 Å². The molecule has 2 rings (SSSR count). The van der Waals surface area contributed by atoms with Crippen molar-refractivity contribution < 1.29 is 8.42 Å². The van der Waals surface area contributed by atoms with Crippen molar-refractivity contribution in [3.8, 4) is 0 Å². The van der Waals surface area contributed by atoms with Crippen molar-refractivity contribution in [1.29, 1.82) is 0 Å².